The Kier molecular flexibility index (Phi) is 4.11. The molecule has 0 unspecified atom stereocenters. The second kappa shape index (κ2) is 5.63. The summed E-state index contributed by atoms with van der Waals surface area (Å²) in [5, 5.41) is 8.60. The lowest BCUT2D eigenvalue weighted by atomic mass is 10.1. The molecule has 0 aliphatic heterocycles. The molecule has 0 spiro atoms. The van der Waals surface area contributed by atoms with Crippen molar-refractivity contribution in [3.05, 3.63) is 35.2 Å². The zero-order chi connectivity index (χ0) is 13.9. The van der Waals surface area contributed by atoms with Crippen LogP contribution in [-0.2, 0) is 6.54 Å². The first-order chi connectivity index (χ1) is 8.96. The van der Waals surface area contributed by atoms with Crippen LogP contribution in [0.5, 0.6) is 0 Å². The van der Waals surface area contributed by atoms with Gasteiger partial charge in [0.2, 0.25) is 0 Å². The summed E-state index contributed by atoms with van der Waals surface area (Å²) in [5.74, 6) is -0.127. The average molecular weight is 280 g/mol. The van der Waals surface area contributed by atoms with Gasteiger partial charge in [0.05, 0.1) is 0 Å². The van der Waals surface area contributed by atoms with E-state index in [4.69, 9.17) is 0 Å². The minimum Gasteiger partial charge on any atom is -0.314 e. The second-order valence-electron chi connectivity index (χ2n) is 5.20. The number of thiazole rings is 1. The third-order valence-electron chi connectivity index (χ3n) is 2.44. The van der Waals surface area contributed by atoms with Crippen molar-refractivity contribution in [3.63, 3.8) is 0 Å². The van der Waals surface area contributed by atoms with E-state index in [2.05, 4.69) is 20.6 Å². The van der Waals surface area contributed by atoms with E-state index in [0.29, 0.717) is 17.2 Å². The fourth-order valence-corrected chi connectivity index (χ4v) is 1.98. The summed E-state index contributed by atoms with van der Waals surface area (Å²) < 4.78 is 14.3. The van der Waals surface area contributed by atoms with E-state index in [1.54, 1.807) is 18.5 Å². The van der Waals surface area contributed by atoms with Crippen molar-refractivity contribution >= 4 is 22.3 Å². The van der Waals surface area contributed by atoms with Crippen molar-refractivity contribution in [2.75, 3.05) is 5.32 Å². The zero-order valence-electron chi connectivity index (χ0n) is 11.2. The van der Waals surface area contributed by atoms with Crippen molar-refractivity contribution in [2.45, 2.75) is 32.9 Å². The van der Waals surface area contributed by atoms with Crippen molar-refractivity contribution in [1.29, 1.82) is 0 Å². The molecule has 0 saturated heterocycles. The van der Waals surface area contributed by atoms with Crippen molar-refractivity contribution in [1.82, 2.24) is 15.3 Å². The maximum atomic E-state index is 14.3. The lowest BCUT2D eigenvalue weighted by Gasteiger charge is -2.21. The summed E-state index contributed by atoms with van der Waals surface area (Å²) in [7, 11) is 0. The van der Waals surface area contributed by atoms with Crippen molar-refractivity contribution < 1.29 is 4.39 Å². The average Bonchev–Trinajstić information content (AvgIpc) is 2.82. The molecule has 0 aliphatic carbocycles. The molecule has 2 heterocycles. The second-order valence-corrected chi connectivity index (χ2v) is 6.09. The lowest BCUT2D eigenvalue weighted by Crippen LogP contribution is -2.35. The third kappa shape index (κ3) is 3.97. The maximum Gasteiger partial charge on any atom is 0.188 e. The molecular weight excluding hydrogens is 263 g/mol. The Morgan fingerprint density at radius 2 is 2.05 bits per heavy atom. The summed E-state index contributed by atoms with van der Waals surface area (Å²) in [4.78, 5) is 8.06. The van der Waals surface area contributed by atoms with Gasteiger partial charge in [-0.2, -0.15) is 0 Å². The van der Waals surface area contributed by atoms with Crippen LogP contribution in [-0.4, -0.2) is 15.5 Å². The van der Waals surface area contributed by atoms with Gasteiger partial charge in [-0.15, -0.1) is 11.3 Å². The molecular formula is C13H17FN4S. The molecule has 6 heteroatoms. The highest BCUT2D eigenvalue weighted by Gasteiger charge is 2.14. The van der Waals surface area contributed by atoms with Crippen LogP contribution in [0.2, 0.25) is 0 Å². The first-order valence-electron chi connectivity index (χ1n) is 6.00. The molecule has 0 aromatic carbocycles. The normalized spacial score (nSPS) is 11.6. The number of nitrogens with zero attached hydrogens (tertiary/aromatic N) is 2. The Morgan fingerprint density at radius 3 is 2.68 bits per heavy atom. The Morgan fingerprint density at radius 1 is 1.26 bits per heavy atom. The van der Waals surface area contributed by atoms with Gasteiger partial charge in [0, 0.05) is 35.4 Å². The molecule has 2 aromatic heterocycles. The topological polar surface area (TPSA) is 49.8 Å². The molecule has 2 rings (SSSR count). The van der Waals surface area contributed by atoms with Gasteiger partial charge in [0.1, 0.15) is 0 Å². The van der Waals surface area contributed by atoms with E-state index in [1.807, 2.05) is 26.2 Å². The van der Waals surface area contributed by atoms with Gasteiger partial charge in [0.25, 0.3) is 0 Å². The number of anilines is 2. The van der Waals surface area contributed by atoms with Gasteiger partial charge in [-0.1, -0.05) is 0 Å². The highest BCUT2D eigenvalue weighted by molar-refractivity contribution is 7.13. The van der Waals surface area contributed by atoms with Gasteiger partial charge in [-0.3, -0.25) is 0 Å². The van der Waals surface area contributed by atoms with Crippen LogP contribution in [0.4, 0.5) is 15.3 Å². The molecule has 2 N–H and O–H groups in total. The van der Waals surface area contributed by atoms with Crippen LogP contribution >= 0.6 is 11.3 Å². The van der Waals surface area contributed by atoms with E-state index in [-0.39, 0.29) is 17.2 Å². The van der Waals surface area contributed by atoms with E-state index in [9.17, 15) is 4.39 Å². The quantitative estimate of drug-likeness (QED) is 0.902. The maximum absolute atomic E-state index is 14.3. The predicted octanol–water partition coefficient (Wildman–Crippen LogP) is 3.31. The summed E-state index contributed by atoms with van der Waals surface area (Å²) in [5.41, 5.74) is 0.530. The number of pyridine rings is 1. The minimum atomic E-state index is -0.338. The van der Waals surface area contributed by atoms with Crippen LogP contribution in [0, 0.1) is 5.82 Å². The summed E-state index contributed by atoms with van der Waals surface area (Å²) in [6.45, 7) is 6.59. The van der Waals surface area contributed by atoms with Crippen LogP contribution in [0.3, 0.4) is 0 Å². The molecule has 0 amide bonds. The number of rotatable bonds is 4. The molecule has 2 aromatic rings. The number of aromatic nitrogens is 2. The molecule has 102 valence electrons. The SMILES string of the molecule is CC(C)(C)NCc1ccnc(Nc2nccs2)c1F. The van der Waals surface area contributed by atoms with Gasteiger partial charge < -0.3 is 10.6 Å². The van der Waals surface area contributed by atoms with Gasteiger partial charge in [-0.05, 0) is 26.8 Å². The van der Waals surface area contributed by atoms with Gasteiger partial charge in [0.15, 0.2) is 16.8 Å². The number of nitrogens with one attached hydrogen (secondary N) is 2. The highest BCUT2D eigenvalue weighted by Crippen LogP contribution is 2.21. The molecule has 0 fully saturated rings. The fraction of sp³-hybridized carbons (Fsp3) is 0.385. The first kappa shape index (κ1) is 13.9. The fourth-order valence-electron chi connectivity index (χ4n) is 1.45. The first-order valence-corrected chi connectivity index (χ1v) is 6.88. The summed E-state index contributed by atoms with van der Waals surface area (Å²) in [6.07, 6.45) is 3.26. The summed E-state index contributed by atoms with van der Waals surface area (Å²) in [6, 6.07) is 1.68. The van der Waals surface area contributed by atoms with Gasteiger partial charge >= 0.3 is 0 Å². The van der Waals surface area contributed by atoms with Crippen LogP contribution in [0.15, 0.2) is 23.8 Å². The Balaban J connectivity index is 2.13. The Bertz CT molecular complexity index is 534. The van der Waals surface area contributed by atoms with Crippen LogP contribution < -0.4 is 10.6 Å². The van der Waals surface area contributed by atoms with Crippen LogP contribution in [0.1, 0.15) is 26.3 Å². The van der Waals surface area contributed by atoms with Crippen molar-refractivity contribution in [2.24, 2.45) is 0 Å². The van der Waals surface area contributed by atoms with E-state index in [0.717, 1.165) is 0 Å². The third-order valence-corrected chi connectivity index (χ3v) is 3.12. The molecule has 4 nitrogen and oxygen atoms in total. The van der Waals surface area contributed by atoms with E-state index >= 15 is 0 Å². The van der Waals surface area contributed by atoms with Gasteiger partial charge in [-0.25, -0.2) is 14.4 Å². The lowest BCUT2D eigenvalue weighted by molar-refractivity contribution is 0.418. The highest BCUT2D eigenvalue weighted by atomic mass is 32.1. The summed E-state index contributed by atoms with van der Waals surface area (Å²) >= 11 is 1.41. The monoisotopic (exact) mass is 280 g/mol. The Labute approximate surface area is 116 Å². The Hall–Kier alpha value is -1.53. The standard InChI is InChI=1S/C13H17FN4S/c1-13(2,3)17-8-9-4-5-15-11(10(9)14)18-12-16-6-7-19-12/h4-7,17H,8H2,1-3H3,(H,15,16,18). The smallest absolute Gasteiger partial charge is 0.188 e. The van der Waals surface area contributed by atoms with E-state index < -0.39 is 0 Å². The zero-order valence-corrected chi connectivity index (χ0v) is 12.0. The molecule has 0 atom stereocenters. The largest absolute Gasteiger partial charge is 0.314 e. The molecule has 0 bridgehead atoms. The molecule has 0 saturated carbocycles. The number of halogens is 1. The predicted molar refractivity (Wildman–Crippen MR) is 76.2 cm³/mol. The molecule has 0 aliphatic rings. The van der Waals surface area contributed by atoms with Crippen molar-refractivity contribution in [3.8, 4) is 0 Å². The minimum absolute atomic E-state index is 0.0569. The van der Waals surface area contributed by atoms with E-state index in [1.165, 1.54) is 11.3 Å². The van der Waals surface area contributed by atoms with Crippen LogP contribution in [0.25, 0.3) is 0 Å². The number of hydrogen-bond acceptors (Lipinski definition) is 5. The molecule has 19 heavy (non-hydrogen) atoms. The number of hydrogen-bond donors (Lipinski definition) is 2. The molecule has 0 radical (unpaired) electrons.